The molecule has 176 valence electrons. The van der Waals surface area contributed by atoms with E-state index in [0.717, 1.165) is 37.2 Å². The van der Waals surface area contributed by atoms with Crippen LogP contribution in [0.15, 0.2) is 29.3 Å². The predicted molar refractivity (Wildman–Crippen MR) is 120 cm³/mol. The molecule has 0 radical (unpaired) electrons. The van der Waals surface area contributed by atoms with Gasteiger partial charge in [-0.25, -0.2) is 14.6 Å². The fourth-order valence-electron chi connectivity index (χ4n) is 3.70. The maximum atomic E-state index is 12.4. The Bertz CT molecular complexity index is 824. The molecule has 1 aromatic rings. The van der Waals surface area contributed by atoms with Crippen molar-refractivity contribution in [2.45, 2.75) is 58.0 Å². The highest BCUT2D eigenvalue weighted by Crippen LogP contribution is 2.24. The maximum Gasteiger partial charge on any atom is 0.509 e. The molecule has 0 spiro atoms. The van der Waals surface area contributed by atoms with E-state index in [0.29, 0.717) is 19.6 Å². The first-order chi connectivity index (χ1) is 15.1. The molecule has 1 aromatic carbocycles. The summed E-state index contributed by atoms with van der Waals surface area (Å²) in [6.45, 7) is 8.48. The van der Waals surface area contributed by atoms with Crippen molar-refractivity contribution in [1.82, 2.24) is 4.90 Å². The Morgan fingerprint density at radius 1 is 1.19 bits per heavy atom. The quantitative estimate of drug-likeness (QED) is 0.385. The second kappa shape index (κ2) is 10.1. The first-order valence-electron chi connectivity index (χ1n) is 10.8. The molecule has 4 N–H and O–H groups in total. The Balaban J connectivity index is 1.44. The van der Waals surface area contributed by atoms with Gasteiger partial charge in [0.15, 0.2) is 5.96 Å². The maximum absolute atomic E-state index is 12.4. The Hall–Kier alpha value is -3.01. The number of nitrogens with zero attached hydrogens (tertiary/aromatic N) is 3. The molecular formula is C22H33N5O5. The molecule has 0 saturated carbocycles. The summed E-state index contributed by atoms with van der Waals surface area (Å²) >= 11 is 0. The number of nitrogens with two attached hydrogens (primary N) is 2. The molecule has 2 heterocycles. The van der Waals surface area contributed by atoms with Crippen molar-refractivity contribution in [3.63, 3.8) is 0 Å². The number of amides is 1. The van der Waals surface area contributed by atoms with E-state index in [-0.39, 0.29) is 24.3 Å². The summed E-state index contributed by atoms with van der Waals surface area (Å²) in [6, 6.07) is 7.50. The largest absolute Gasteiger partial charge is 0.509 e. The van der Waals surface area contributed by atoms with Gasteiger partial charge >= 0.3 is 12.2 Å². The van der Waals surface area contributed by atoms with Gasteiger partial charge in [-0.3, -0.25) is 9.80 Å². The van der Waals surface area contributed by atoms with E-state index in [1.807, 2.05) is 45.0 Å². The van der Waals surface area contributed by atoms with Crippen LogP contribution < -0.4 is 16.4 Å². The number of anilines is 1. The van der Waals surface area contributed by atoms with Gasteiger partial charge in [0.25, 0.3) is 0 Å². The molecule has 1 amide bonds. The van der Waals surface area contributed by atoms with Crippen molar-refractivity contribution in [3.05, 3.63) is 29.8 Å². The zero-order chi connectivity index (χ0) is 23.3. The lowest BCUT2D eigenvalue weighted by Gasteiger charge is -2.32. The lowest BCUT2D eigenvalue weighted by Crippen LogP contribution is -2.42. The second-order valence-electron chi connectivity index (χ2n) is 9.11. The third-order valence-electron chi connectivity index (χ3n) is 5.22. The van der Waals surface area contributed by atoms with Crippen LogP contribution in [-0.2, 0) is 20.8 Å². The molecule has 1 unspecified atom stereocenters. The molecule has 2 saturated heterocycles. The summed E-state index contributed by atoms with van der Waals surface area (Å²) in [4.78, 5) is 32.1. The van der Waals surface area contributed by atoms with Crippen molar-refractivity contribution in [3.8, 4) is 0 Å². The minimum Gasteiger partial charge on any atom is -0.443 e. The van der Waals surface area contributed by atoms with Crippen LogP contribution in [0.4, 0.5) is 15.3 Å². The molecule has 3 rings (SSSR count). The third kappa shape index (κ3) is 7.01. The highest BCUT2D eigenvalue weighted by molar-refractivity contribution is 5.89. The van der Waals surface area contributed by atoms with Crippen molar-refractivity contribution < 1.29 is 23.8 Å². The molecule has 32 heavy (non-hydrogen) atoms. The van der Waals surface area contributed by atoms with Crippen LogP contribution in [0.5, 0.6) is 0 Å². The van der Waals surface area contributed by atoms with E-state index in [1.54, 1.807) is 4.90 Å². The van der Waals surface area contributed by atoms with Gasteiger partial charge in [-0.15, -0.1) is 0 Å². The number of benzene rings is 1. The first-order valence-corrected chi connectivity index (χ1v) is 10.8. The molecule has 1 atom stereocenters. The Labute approximate surface area is 188 Å². The molecule has 2 aliphatic rings. The van der Waals surface area contributed by atoms with Gasteiger partial charge in [-0.2, -0.15) is 0 Å². The topological polar surface area (TPSA) is 133 Å². The van der Waals surface area contributed by atoms with Crippen LogP contribution in [0, 0.1) is 0 Å². The standard InChI is InChI=1S/C22H33N5O5/c1-22(2,3)32-21(29)31-17-8-10-26(11-9-17)13-18-14-27(20(28)30-18)16-6-4-15(5-7-16)12-25-19(23)24/h4-7,17-18H,8-14H2,1-3H3,(H4,23,24,25). The molecule has 0 bridgehead atoms. The summed E-state index contributed by atoms with van der Waals surface area (Å²) in [5, 5.41) is 0. The number of rotatable bonds is 6. The monoisotopic (exact) mass is 447 g/mol. The van der Waals surface area contributed by atoms with E-state index in [9.17, 15) is 9.59 Å². The van der Waals surface area contributed by atoms with Crippen LogP contribution in [0.3, 0.4) is 0 Å². The molecule has 2 fully saturated rings. The number of guanidine groups is 1. The van der Waals surface area contributed by atoms with Gasteiger partial charge in [-0.1, -0.05) is 12.1 Å². The number of hydrogen-bond donors (Lipinski definition) is 2. The third-order valence-corrected chi connectivity index (χ3v) is 5.22. The highest BCUT2D eigenvalue weighted by atomic mass is 16.7. The van der Waals surface area contributed by atoms with Crippen LogP contribution >= 0.6 is 0 Å². The van der Waals surface area contributed by atoms with E-state index in [2.05, 4.69) is 9.89 Å². The summed E-state index contributed by atoms with van der Waals surface area (Å²) in [5.41, 5.74) is 11.9. The number of aliphatic imine (C=N–C) groups is 1. The average Bonchev–Trinajstić information content (AvgIpc) is 3.07. The second-order valence-corrected chi connectivity index (χ2v) is 9.11. The number of carbonyl (C=O) groups is 2. The molecular weight excluding hydrogens is 414 g/mol. The van der Waals surface area contributed by atoms with Crippen molar-refractivity contribution in [1.29, 1.82) is 0 Å². The van der Waals surface area contributed by atoms with Gasteiger partial charge in [0.2, 0.25) is 0 Å². The average molecular weight is 448 g/mol. The van der Waals surface area contributed by atoms with Gasteiger partial charge < -0.3 is 25.7 Å². The fraction of sp³-hybridized carbons (Fsp3) is 0.591. The SMILES string of the molecule is CC(C)(C)OC(=O)OC1CCN(CC2CN(c3ccc(CN=C(N)N)cc3)C(=O)O2)CC1. The van der Waals surface area contributed by atoms with Crippen molar-refractivity contribution in [2.24, 2.45) is 16.5 Å². The normalized spacial score (nSPS) is 20.0. The zero-order valence-electron chi connectivity index (χ0n) is 19.0. The van der Waals surface area contributed by atoms with Crippen LogP contribution in [0.25, 0.3) is 0 Å². The van der Waals surface area contributed by atoms with E-state index in [4.69, 9.17) is 25.7 Å². The van der Waals surface area contributed by atoms with Crippen LogP contribution in [0.2, 0.25) is 0 Å². The first kappa shape index (κ1) is 23.6. The van der Waals surface area contributed by atoms with E-state index < -0.39 is 11.8 Å². The number of likely N-dealkylation sites (tertiary alicyclic amines) is 1. The van der Waals surface area contributed by atoms with Gasteiger partial charge in [0.1, 0.15) is 17.8 Å². The predicted octanol–water partition coefficient (Wildman–Crippen LogP) is 2.20. The molecule has 10 nitrogen and oxygen atoms in total. The van der Waals surface area contributed by atoms with Gasteiger partial charge in [0, 0.05) is 25.3 Å². The van der Waals surface area contributed by atoms with Crippen LogP contribution in [0.1, 0.15) is 39.2 Å². The Morgan fingerprint density at radius 2 is 1.84 bits per heavy atom. The summed E-state index contributed by atoms with van der Waals surface area (Å²) in [7, 11) is 0. The number of hydrogen-bond acceptors (Lipinski definition) is 7. The fourth-order valence-corrected chi connectivity index (χ4v) is 3.70. The number of cyclic esters (lactones) is 1. The molecule has 0 aliphatic carbocycles. The lowest BCUT2D eigenvalue weighted by atomic mass is 10.1. The highest BCUT2D eigenvalue weighted by Gasteiger charge is 2.34. The van der Waals surface area contributed by atoms with Crippen LogP contribution in [-0.4, -0.2) is 67.1 Å². The van der Waals surface area contributed by atoms with Gasteiger partial charge in [0.05, 0.1) is 13.1 Å². The summed E-state index contributed by atoms with van der Waals surface area (Å²) < 4.78 is 16.2. The zero-order valence-corrected chi connectivity index (χ0v) is 19.0. The Kier molecular flexibility index (Phi) is 7.44. The van der Waals surface area contributed by atoms with E-state index in [1.165, 1.54) is 0 Å². The minimum absolute atomic E-state index is 0.0421. The molecule has 2 aliphatic heterocycles. The smallest absolute Gasteiger partial charge is 0.443 e. The summed E-state index contributed by atoms with van der Waals surface area (Å²) in [6.07, 6.45) is 0.103. The number of piperidine rings is 1. The molecule has 0 aromatic heterocycles. The van der Waals surface area contributed by atoms with Crippen molar-refractivity contribution in [2.75, 3.05) is 31.1 Å². The minimum atomic E-state index is -0.624. The van der Waals surface area contributed by atoms with Gasteiger partial charge in [-0.05, 0) is 51.3 Å². The summed E-state index contributed by atoms with van der Waals surface area (Å²) in [5.74, 6) is 0.0421. The lowest BCUT2D eigenvalue weighted by molar-refractivity contribution is -0.0410. The Morgan fingerprint density at radius 3 is 2.44 bits per heavy atom. The number of carbonyl (C=O) groups excluding carboxylic acids is 2. The molecule has 10 heteroatoms. The van der Waals surface area contributed by atoms with E-state index >= 15 is 0 Å². The van der Waals surface area contributed by atoms with Crippen molar-refractivity contribution >= 4 is 23.9 Å². The number of ether oxygens (including phenoxy) is 3.